The van der Waals surface area contributed by atoms with E-state index >= 15 is 0 Å². The second-order valence-corrected chi connectivity index (χ2v) is 3.46. The molecule has 90 valence electrons. The minimum atomic E-state index is -0.684. The van der Waals surface area contributed by atoms with Gasteiger partial charge in [0.25, 0.3) is 0 Å². The molecule has 0 aliphatic carbocycles. The van der Waals surface area contributed by atoms with Crippen LogP contribution in [0.25, 0.3) is 0 Å². The Kier molecular flexibility index (Phi) is 5.05. The van der Waals surface area contributed by atoms with Gasteiger partial charge in [0.05, 0.1) is 12.6 Å². The number of terminal acetylenes is 1. The number of hydrogen-bond donors (Lipinski definition) is 2. The zero-order valence-corrected chi connectivity index (χ0v) is 9.77. The molecule has 3 N–H and O–H groups in total. The van der Waals surface area contributed by atoms with Gasteiger partial charge in [-0.15, -0.1) is 12.3 Å². The van der Waals surface area contributed by atoms with E-state index in [0.717, 1.165) is 0 Å². The number of ether oxygens (including phenoxy) is 1. The van der Waals surface area contributed by atoms with Crippen LogP contribution in [-0.4, -0.2) is 18.6 Å². The van der Waals surface area contributed by atoms with Gasteiger partial charge in [-0.2, -0.15) is 0 Å². The van der Waals surface area contributed by atoms with E-state index in [2.05, 4.69) is 11.2 Å². The molecule has 0 saturated carbocycles. The van der Waals surface area contributed by atoms with Gasteiger partial charge in [-0.3, -0.25) is 4.79 Å². The number of carbonyl (C=O) groups excluding carboxylic acids is 1. The fourth-order valence-corrected chi connectivity index (χ4v) is 1.28. The summed E-state index contributed by atoms with van der Waals surface area (Å²) in [6, 6.07) is 6.44. The van der Waals surface area contributed by atoms with Crippen LogP contribution in [0.4, 0.5) is 5.69 Å². The third-order valence-electron chi connectivity index (χ3n) is 2.09. The van der Waals surface area contributed by atoms with Crippen molar-refractivity contribution in [2.45, 2.75) is 19.4 Å². The van der Waals surface area contributed by atoms with Crippen LogP contribution in [0.3, 0.4) is 0 Å². The van der Waals surface area contributed by atoms with Gasteiger partial charge in [-0.05, 0) is 19.1 Å². The molecular formula is C13H16N2O2. The Bertz CT molecular complexity index is 424. The molecule has 1 aromatic rings. The van der Waals surface area contributed by atoms with Crippen LogP contribution in [0.2, 0.25) is 0 Å². The number of benzene rings is 1. The molecule has 0 spiro atoms. The maximum absolute atomic E-state index is 11.6. The van der Waals surface area contributed by atoms with Crippen molar-refractivity contribution >= 4 is 11.6 Å². The number of hydrogen-bond acceptors (Lipinski definition) is 3. The van der Waals surface area contributed by atoms with Gasteiger partial charge < -0.3 is 15.8 Å². The van der Waals surface area contributed by atoms with Crippen molar-refractivity contribution in [3.05, 3.63) is 24.3 Å². The van der Waals surface area contributed by atoms with Gasteiger partial charge in [0, 0.05) is 18.2 Å². The molecular weight excluding hydrogens is 216 g/mol. The van der Waals surface area contributed by atoms with Crippen LogP contribution in [0, 0.1) is 12.3 Å². The highest BCUT2D eigenvalue weighted by molar-refractivity contribution is 5.95. The lowest BCUT2D eigenvalue weighted by Gasteiger charge is -2.10. The summed E-state index contributed by atoms with van der Waals surface area (Å²) in [4.78, 5) is 11.6. The summed E-state index contributed by atoms with van der Waals surface area (Å²) in [5.74, 6) is 2.76. The third-order valence-corrected chi connectivity index (χ3v) is 2.09. The molecule has 0 bridgehead atoms. The summed E-state index contributed by atoms with van der Waals surface area (Å²) in [6.45, 7) is 2.47. The maximum Gasteiger partial charge on any atom is 0.242 e. The highest BCUT2D eigenvalue weighted by Crippen LogP contribution is 2.17. The number of rotatable bonds is 5. The Hall–Kier alpha value is -1.99. The monoisotopic (exact) mass is 232 g/mol. The first kappa shape index (κ1) is 13.1. The first-order valence-electron chi connectivity index (χ1n) is 5.40. The van der Waals surface area contributed by atoms with Crippen LogP contribution >= 0.6 is 0 Å². The van der Waals surface area contributed by atoms with E-state index in [1.807, 2.05) is 13.0 Å². The standard InChI is InChI=1S/C13H16N2O2/c1-3-6-12(14)13(16)15-10-7-5-8-11(9-10)17-4-2/h1,5,7-9,12H,4,6,14H2,2H3,(H,15,16). The quantitative estimate of drug-likeness (QED) is 0.754. The van der Waals surface area contributed by atoms with Crippen molar-refractivity contribution in [3.63, 3.8) is 0 Å². The topological polar surface area (TPSA) is 64.4 Å². The van der Waals surface area contributed by atoms with Crippen molar-refractivity contribution in [3.8, 4) is 18.1 Å². The summed E-state index contributed by atoms with van der Waals surface area (Å²) in [6.07, 6.45) is 5.31. The molecule has 0 aliphatic heterocycles. The molecule has 0 fully saturated rings. The molecule has 0 aromatic heterocycles. The number of anilines is 1. The molecule has 4 nitrogen and oxygen atoms in total. The summed E-state index contributed by atoms with van der Waals surface area (Å²) in [7, 11) is 0. The van der Waals surface area contributed by atoms with E-state index in [9.17, 15) is 4.79 Å². The maximum atomic E-state index is 11.6. The lowest BCUT2D eigenvalue weighted by Crippen LogP contribution is -2.35. The Balaban J connectivity index is 2.65. The largest absolute Gasteiger partial charge is 0.494 e. The van der Waals surface area contributed by atoms with Gasteiger partial charge in [-0.1, -0.05) is 6.07 Å². The fraction of sp³-hybridized carbons (Fsp3) is 0.308. The number of amides is 1. The zero-order valence-electron chi connectivity index (χ0n) is 9.77. The van der Waals surface area contributed by atoms with Gasteiger partial charge >= 0.3 is 0 Å². The molecule has 1 amide bonds. The van der Waals surface area contributed by atoms with Crippen LogP contribution in [-0.2, 0) is 4.79 Å². The highest BCUT2D eigenvalue weighted by atomic mass is 16.5. The Morgan fingerprint density at radius 3 is 3.06 bits per heavy atom. The van der Waals surface area contributed by atoms with Crippen molar-refractivity contribution in [2.24, 2.45) is 5.73 Å². The molecule has 0 heterocycles. The van der Waals surface area contributed by atoms with Crippen molar-refractivity contribution < 1.29 is 9.53 Å². The predicted octanol–water partition coefficient (Wildman–Crippen LogP) is 1.37. The van der Waals surface area contributed by atoms with Crippen molar-refractivity contribution in [1.29, 1.82) is 0 Å². The van der Waals surface area contributed by atoms with Gasteiger partial charge in [-0.25, -0.2) is 0 Å². The smallest absolute Gasteiger partial charge is 0.242 e. The van der Waals surface area contributed by atoms with Crippen LogP contribution in [0.1, 0.15) is 13.3 Å². The Morgan fingerprint density at radius 2 is 2.41 bits per heavy atom. The summed E-state index contributed by atoms with van der Waals surface area (Å²) >= 11 is 0. The molecule has 0 radical (unpaired) electrons. The number of nitrogens with two attached hydrogens (primary N) is 1. The van der Waals surface area contributed by atoms with Gasteiger partial charge in [0.15, 0.2) is 0 Å². The number of nitrogens with one attached hydrogen (secondary N) is 1. The van der Waals surface area contributed by atoms with E-state index in [-0.39, 0.29) is 12.3 Å². The van der Waals surface area contributed by atoms with Gasteiger partial charge in [0.1, 0.15) is 5.75 Å². The molecule has 1 rings (SSSR count). The lowest BCUT2D eigenvalue weighted by molar-refractivity contribution is -0.117. The van der Waals surface area contributed by atoms with Gasteiger partial charge in [0.2, 0.25) is 5.91 Å². The molecule has 4 heteroatoms. The normalized spacial score (nSPS) is 11.4. The summed E-state index contributed by atoms with van der Waals surface area (Å²) in [5, 5.41) is 2.69. The Morgan fingerprint density at radius 1 is 1.65 bits per heavy atom. The van der Waals surface area contributed by atoms with Crippen molar-refractivity contribution in [1.82, 2.24) is 0 Å². The van der Waals surface area contributed by atoms with Crippen LogP contribution in [0.15, 0.2) is 24.3 Å². The van der Waals surface area contributed by atoms with Crippen LogP contribution < -0.4 is 15.8 Å². The van der Waals surface area contributed by atoms with E-state index in [1.165, 1.54) is 0 Å². The second-order valence-electron chi connectivity index (χ2n) is 3.46. The van der Waals surface area contributed by atoms with Crippen molar-refractivity contribution in [2.75, 3.05) is 11.9 Å². The third kappa shape index (κ3) is 4.17. The minimum Gasteiger partial charge on any atom is -0.494 e. The van der Waals surface area contributed by atoms with Crippen LogP contribution in [0.5, 0.6) is 5.75 Å². The first-order chi connectivity index (χ1) is 8.17. The fourth-order valence-electron chi connectivity index (χ4n) is 1.28. The summed E-state index contributed by atoms with van der Waals surface area (Å²) < 4.78 is 5.32. The van der Waals surface area contributed by atoms with E-state index in [0.29, 0.717) is 18.0 Å². The van der Waals surface area contributed by atoms with E-state index < -0.39 is 6.04 Å². The Labute approximate surface area is 101 Å². The minimum absolute atomic E-state index is 0.219. The van der Waals surface area contributed by atoms with E-state index in [1.54, 1.807) is 18.2 Å². The molecule has 1 unspecified atom stereocenters. The average Bonchev–Trinajstić information content (AvgIpc) is 2.30. The second kappa shape index (κ2) is 6.56. The highest BCUT2D eigenvalue weighted by Gasteiger charge is 2.12. The molecule has 1 atom stereocenters. The predicted molar refractivity (Wildman–Crippen MR) is 67.7 cm³/mol. The summed E-state index contributed by atoms with van der Waals surface area (Å²) in [5.41, 5.74) is 6.23. The molecule has 0 saturated heterocycles. The molecule has 1 aromatic carbocycles. The molecule has 0 aliphatic rings. The lowest BCUT2D eigenvalue weighted by atomic mass is 10.2. The molecule has 17 heavy (non-hydrogen) atoms. The average molecular weight is 232 g/mol. The zero-order chi connectivity index (χ0) is 12.7. The number of carbonyl (C=O) groups is 1. The first-order valence-corrected chi connectivity index (χ1v) is 5.40. The van der Waals surface area contributed by atoms with E-state index in [4.69, 9.17) is 16.9 Å². The SMILES string of the molecule is C#CCC(N)C(=O)Nc1cccc(OCC)c1.